The molecule has 0 aromatic heterocycles. The first-order valence-electron chi connectivity index (χ1n) is 8.00. The summed E-state index contributed by atoms with van der Waals surface area (Å²) in [4.78, 5) is 4.93. The lowest BCUT2D eigenvalue weighted by atomic mass is 10.2. The normalized spacial score (nSPS) is 17.3. The zero-order valence-electron chi connectivity index (χ0n) is 13.6. The molecule has 1 heterocycles. The van der Waals surface area contributed by atoms with Crippen molar-refractivity contribution in [2.45, 2.75) is 26.5 Å². The van der Waals surface area contributed by atoms with Gasteiger partial charge in [0.05, 0.1) is 6.10 Å². The molecule has 0 spiro atoms. The Morgan fingerprint density at radius 2 is 1.95 bits per heavy atom. The quantitative estimate of drug-likeness (QED) is 0.776. The number of hydrogen-bond donors (Lipinski definition) is 1. The average molecular weight is 291 g/mol. The van der Waals surface area contributed by atoms with Crippen molar-refractivity contribution < 1.29 is 4.74 Å². The van der Waals surface area contributed by atoms with Crippen LogP contribution in [0.15, 0.2) is 24.3 Å². The summed E-state index contributed by atoms with van der Waals surface area (Å²) >= 11 is 0. The highest BCUT2D eigenvalue weighted by molar-refractivity contribution is 5.28. The molecule has 2 rings (SSSR count). The molecule has 0 saturated carbocycles. The van der Waals surface area contributed by atoms with Crippen molar-refractivity contribution in [3.63, 3.8) is 0 Å². The molecule has 118 valence electrons. The number of nitrogens with zero attached hydrogens (tertiary/aromatic N) is 2. The van der Waals surface area contributed by atoms with E-state index in [2.05, 4.69) is 54.2 Å². The third-order valence-corrected chi connectivity index (χ3v) is 3.80. The van der Waals surface area contributed by atoms with E-state index in [0.717, 1.165) is 25.4 Å². The average Bonchev–Trinajstić information content (AvgIpc) is 2.45. The Balaban J connectivity index is 1.66. The van der Waals surface area contributed by atoms with Crippen LogP contribution in [0, 0.1) is 0 Å². The van der Waals surface area contributed by atoms with E-state index in [9.17, 15) is 0 Å². The van der Waals surface area contributed by atoms with Gasteiger partial charge in [-0.2, -0.15) is 0 Å². The van der Waals surface area contributed by atoms with Crippen LogP contribution >= 0.6 is 0 Å². The zero-order chi connectivity index (χ0) is 15.1. The van der Waals surface area contributed by atoms with Crippen molar-refractivity contribution in [3.8, 4) is 5.75 Å². The second-order valence-electron chi connectivity index (χ2n) is 6.14. The molecule has 0 amide bonds. The molecule has 1 aliphatic rings. The van der Waals surface area contributed by atoms with Crippen LogP contribution in [-0.4, -0.2) is 62.2 Å². The standard InChI is InChI=1S/C17H29N3O/c1-15(2)21-17-6-4-5-16(13-17)14-18-7-8-20-11-9-19(3)10-12-20/h4-6,13,15,18H,7-12,14H2,1-3H3. The second kappa shape index (κ2) is 8.37. The van der Waals surface area contributed by atoms with Gasteiger partial charge < -0.3 is 15.0 Å². The molecule has 1 aromatic rings. The van der Waals surface area contributed by atoms with E-state index in [1.54, 1.807) is 0 Å². The van der Waals surface area contributed by atoms with Crippen LogP contribution in [0.5, 0.6) is 5.75 Å². The molecule has 1 aliphatic heterocycles. The van der Waals surface area contributed by atoms with Crippen LogP contribution < -0.4 is 10.1 Å². The van der Waals surface area contributed by atoms with Crippen molar-refractivity contribution >= 4 is 0 Å². The van der Waals surface area contributed by atoms with Crippen LogP contribution in [-0.2, 0) is 6.54 Å². The number of hydrogen-bond acceptors (Lipinski definition) is 4. The largest absolute Gasteiger partial charge is 0.491 e. The maximum absolute atomic E-state index is 5.73. The fraction of sp³-hybridized carbons (Fsp3) is 0.647. The molecule has 1 fully saturated rings. The number of benzene rings is 1. The van der Waals surface area contributed by atoms with Gasteiger partial charge in [-0.1, -0.05) is 12.1 Å². The fourth-order valence-electron chi connectivity index (χ4n) is 2.54. The smallest absolute Gasteiger partial charge is 0.120 e. The van der Waals surface area contributed by atoms with E-state index in [1.807, 2.05) is 6.07 Å². The summed E-state index contributed by atoms with van der Waals surface area (Å²) < 4.78 is 5.73. The van der Waals surface area contributed by atoms with Crippen molar-refractivity contribution in [1.29, 1.82) is 0 Å². The van der Waals surface area contributed by atoms with Gasteiger partial charge in [0.2, 0.25) is 0 Å². The summed E-state index contributed by atoms with van der Waals surface area (Å²) in [5, 5.41) is 3.53. The van der Waals surface area contributed by atoms with Gasteiger partial charge in [-0.25, -0.2) is 0 Å². The van der Waals surface area contributed by atoms with Crippen LogP contribution in [0.4, 0.5) is 0 Å². The Hall–Kier alpha value is -1.10. The molecule has 0 aliphatic carbocycles. The van der Waals surface area contributed by atoms with E-state index in [-0.39, 0.29) is 6.10 Å². The topological polar surface area (TPSA) is 27.7 Å². The lowest BCUT2D eigenvalue weighted by Gasteiger charge is -2.32. The first-order valence-corrected chi connectivity index (χ1v) is 8.00. The van der Waals surface area contributed by atoms with Crippen molar-refractivity contribution in [2.24, 2.45) is 0 Å². The predicted molar refractivity (Wildman–Crippen MR) is 87.8 cm³/mol. The summed E-state index contributed by atoms with van der Waals surface area (Å²) in [7, 11) is 2.20. The van der Waals surface area contributed by atoms with Gasteiger partial charge in [0.15, 0.2) is 0 Å². The van der Waals surface area contributed by atoms with E-state index in [4.69, 9.17) is 4.74 Å². The van der Waals surface area contributed by atoms with Gasteiger partial charge in [-0.05, 0) is 38.6 Å². The van der Waals surface area contributed by atoms with Gasteiger partial charge >= 0.3 is 0 Å². The highest BCUT2D eigenvalue weighted by Crippen LogP contribution is 2.14. The van der Waals surface area contributed by atoms with Gasteiger partial charge in [0, 0.05) is 45.8 Å². The number of likely N-dealkylation sites (N-methyl/N-ethyl adjacent to an activating group) is 1. The minimum absolute atomic E-state index is 0.227. The number of ether oxygens (including phenoxy) is 1. The maximum atomic E-state index is 5.73. The molecule has 4 nitrogen and oxygen atoms in total. The molecule has 1 saturated heterocycles. The fourth-order valence-corrected chi connectivity index (χ4v) is 2.54. The lowest BCUT2D eigenvalue weighted by molar-refractivity contribution is 0.154. The summed E-state index contributed by atoms with van der Waals surface area (Å²) in [6.07, 6.45) is 0.227. The van der Waals surface area contributed by atoms with Crippen LogP contribution in [0.25, 0.3) is 0 Å². The highest BCUT2D eigenvalue weighted by atomic mass is 16.5. The minimum Gasteiger partial charge on any atom is -0.491 e. The second-order valence-corrected chi connectivity index (χ2v) is 6.14. The van der Waals surface area contributed by atoms with Crippen LogP contribution in [0.2, 0.25) is 0 Å². The molecule has 0 bridgehead atoms. The summed E-state index contributed by atoms with van der Waals surface area (Å²) in [6, 6.07) is 8.36. The first kappa shape index (κ1) is 16.3. The minimum atomic E-state index is 0.227. The van der Waals surface area contributed by atoms with Gasteiger partial charge in [-0.15, -0.1) is 0 Å². The van der Waals surface area contributed by atoms with E-state index < -0.39 is 0 Å². The van der Waals surface area contributed by atoms with Crippen LogP contribution in [0.1, 0.15) is 19.4 Å². The predicted octanol–water partition coefficient (Wildman–Crippen LogP) is 1.81. The Bertz CT molecular complexity index is 414. The molecule has 0 atom stereocenters. The molecule has 1 aromatic carbocycles. The third-order valence-electron chi connectivity index (χ3n) is 3.80. The van der Waals surface area contributed by atoms with E-state index >= 15 is 0 Å². The Morgan fingerprint density at radius 3 is 2.67 bits per heavy atom. The Morgan fingerprint density at radius 1 is 1.19 bits per heavy atom. The molecule has 1 N–H and O–H groups in total. The lowest BCUT2D eigenvalue weighted by Crippen LogP contribution is -2.46. The van der Waals surface area contributed by atoms with E-state index in [1.165, 1.54) is 31.7 Å². The molecular formula is C17H29N3O. The Labute approximate surface area is 129 Å². The number of piperazine rings is 1. The van der Waals surface area contributed by atoms with Crippen molar-refractivity contribution in [2.75, 3.05) is 46.3 Å². The monoisotopic (exact) mass is 291 g/mol. The van der Waals surface area contributed by atoms with E-state index in [0.29, 0.717) is 0 Å². The van der Waals surface area contributed by atoms with Gasteiger partial charge in [0.25, 0.3) is 0 Å². The molecule has 0 unspecified atom stereocenters. The highest BCUT2D eigenvalue weighted by Gasteiger charge is 2.12. The zero-order valence-corrected chi connectivity index (χ0v) is 13.6. The first-order chi connectivity index (χ1) is 10.1. The Kier molecular flexibility index (Phi) is 6.49. The number of nitrogens with one attached hydrogen (secondary N) is 1. The van der Waals surface area contributed by atoms with Gasteiger partial charge in [-0.3, -0.25) is 4.90 Å². The summed E-state index contributed by atoms with van der Waals surface area (Å²) in [5.74, 6) is 0.961. The summed E-state index contributed by atoms with van der Waals surface area (Å²) in [6.45, 7) is 12.0. The van der Waals surface area contributed by atoms with Crippen molar-refractivity contribution in [3.05, 3.63) is 29.8 Å². The third kappa shape index (κ3) is 6.04. The van der Waals surface area contributed by atoms with Crippen LogP contribution in [0.3, 0.4) is 0 Å². The molecular weight excluding hydrogens is 262 g/mol. The molecule has 0 radical (unpaired) electrons. The van der Waals surface area contributed by atoms with Crippen molar-refractivity contribution in [1.82, 2.24) is 15.1 Å². The molecule has 4 heteroatoms. The summed E-state index contributed by atoms with van der Waals surface area (Å²) in [5.41, 5.74) is 1.28. The number of rotatable bonds is 7. The maximum Gasteiger partial charge on any atom is 0.120 e. The van der Waals surface area contributed by atoms with Gasteiger partial charge in [0.1, 0.15) is 5.75 Å². The molecule has 21 heavy (non-hydrogen) atoms. The SMILES string of the molecule is CC(C)Oc1cccc(CNCCN2CCN(C)CC2)c1.